The van der Waals surface area contributed by atoms with Crippen LogP contribution in [0.2, 0.25) is 5.02 Å². The maximum absolute atomic E-state index is 11.8. The molecule has 4 nitrogen and oxygen atoms in total. The monoisotopic (exact) mass is 304 g/mol. The SMILES string of the molecule is Cc1ccc(NC(=O)COc2ccc(Cl)cc2CN)cc1. The molecule has 0 aliphatic heterocycles. The molecule has 0 aromatic heterocycles. The van der Waals surface area contributed by atoms with Crippen molar-refractivity contribution in [2.24, 2.45) is 5.73 Å². The number of hydrogen-bond donors (Lipinski definition) is 2. The summed E-state index contributed by atoms with van der Waals surface area (Å²) in [6.07, 6.45) is 0. The fraction of sp³-hybridized carbons (Fsp3) is 0.188. The number of hydrogen-bond acceptors (Lipinski definition) is 3. The zero-order chi connectivity index (χ0) is 15.2. The minimum Gasteiger partial charge on any atom is -0.483 e. The molecule has 2 rings (SSSR count). The fourth-order valence-electron chi connectivity index (χ4n) is 1.83. The van der Waals surface area contributed by atoms with Gasteiger partial charge in [-0.05, 0) is 37.3 Å². The molecule has 0 saturated heterocycles. The van der Waals surface area contributed by atoms with E-state index in [0.717, 1.165) is 16.8 Å². The molecule has 0 aliphatic carbocycles. The molecule has 0 radical (unpaired) electrons. The molecule has 1 amide bonds. The Morgan fingerprint density at radius 2 is 1.95 bits per heavy atom. The molecule has 3 N–H and O–H groups in total. The summed E-state index contributed by atoms with van der Waals surface area (Å²) in [6, 6.07) is 12.7. The Morgan fingerprint density at radius 1 is 1.24 bits per heavy atom. The first-order valence-corrected chi connectivity index (χ1v) is 6.94. The lowest BCUT2D eigenvalue weighted by molar-refractivity contribution is -0.118. The van der Waals surface area contributed by atoms with Gasteiger partial charge in [-0.15, -0.1) is 0 Å². The highest BCUT2D eigenvalue weighted by atomic mass is 35.5. The maximum Gasteiger partial charge on any atom is 0.262 e. The van der Waals surface area contributed by atoms with Crippen LogP contribution >= 0.6 is 11.6 Å². The Labute approximate surface area is 128 Å². The summed E-state index contributed by atoms with van der Waals surface area (Å²) in [5, 5.41) is 3.36. The van der Waals surface area contributed by atoms with Crippen LogP contribution in [0.5, 0.6) is 5.75 Å². The highest BCUT2D eigenvalue weighted by Gasteiger charge is 2.07. The van der Waals surface area contributed by atoms with E-state index in [1.54, 1.807) is 18.2 Å². The largest absolute Gasteiger partial charge is 0.483 e. The van der Waals surface area contributed by atoms with E-state index in [1.807, 2.05) is 31.2 Å². The van der Waals surface area contributed by atoms with Gasteiger partial charge in [-0.25, -0.2) is 0 Å². The van der Waals surface area contributed by atoms with Crippen molar-refractivity contribution in [2.45, 2.75) is 13.5 Å². The van der Waals surface area contributed by atoms with Gasteiger partial charge in [0.25, 0.3) is 5.91 Å². The Bertz CT molecular complexity index is 627. The Morgan fingerprint density at radius 3 is 2.62 bits per heavy atom. The van der Waals surface area contributed by atoms with Crippen LogP contribution in [-0.2, 0) is 11.3 Å². The lowest BCUT2D eigenvalue weighted by atomic mass is 10.2. The topological polar surface area (TPSA) is 64.3 Å². The van der Waals surface area contributed by atoms with E-state index in [0.29, 0.717) is 17.3 Å². The molecular weight excluding hydrogens is 288 g/mol. The Balaban J connectivity index is 1.93. The summed E-state index contributed by atoms with van der Waals surface area (Å²) in [7, 11) is 0. The van der Waals surface area contributed by atoms with Gasteiger partial charge in [-0.1, -0.05) is 29.3 Å². The number of aryl methyl sites for hydroxylation is 1. The number of carbonyl (C=O) groups excluding carboxylic acids is 1. The van der Waals surface area contributed by atoms with Crippen LogP contribution in [0.3, 0.4) is 0 Å². The van der Waals surface area contributed by atoms with E-state index in [4.69, 9.17) is 22.1 Å². The van der Waals surface area contributed by atoms with Crippen LogP contribution in [0.15, 0.2) is 42.5 Å². The molecule has 0 fully saturated rings. The van der Waals surface area contributed by atoms with Gasteiger partial charge in [0.05, 0.1) is 0 Å². The molecule has 5 heteroatoms. The van der Waals surface area contributed by atoms with E-state index >= 15 is 0 Å². The average molecular weight is 305 g/mol. The minimum atomic E-state index is -0.225. The van der Waals surface area contributed by atoms with Gasteiger partial charge >= 0.3 is 0 Å². The van der Waals surface area contributed by atoms with Gasteiger partial charge < -0.3 is 15.8 Å². The number of halogens is 1. The van der Waals surface area contributed by atoms with Crippen molar-refractivity contribution in [1.29, 1.82) is 0 Å². The van der Waals surface area contributed by atoms with Gasteiger partial charge in [-0.2, -0.15) is 0 Å². The first-order valence-electron chi connectivity index (χ1n) is 6.56. The van der Waals surface area contributed by atoms with Gasteiger partial charge in [0.15, 0.2) is 6.61 Å². The second-order valence-corrected chi connectivity index (χ2v) is 5.10. The van der Waals surface area contributed by atoms with Crippen LogP contribution in [0.4, 0.5) is 5.69 Å². The number of anilines is 1. The van der Waals surface area contributed by atoms with Crippen molar-refractivity contribution in [3.8, 4) is 5.75 Å². The molecular formula is C16H17ClN2O2. The summed E-state index contributed by atoms with van der Waals surface area (Å²) in [5.74, 6) is 0.345. The summed E-state index contributed by atoms with van der Waals surface area (Å²) >= 11 is 5.89. The molecule has 21 heavy (non-hydrogen) atoms. The van der Waals surface area contributed by atoms with Crippen LogP contribution < -0.4 is 15.8 Å². The van der Waals surface area contributed by atoms with Crippen molar-refractivity contribution >= 4 is 23.2 Å². The Kier molecular flexibility index (Phi) is 5.20. The van der Waals surface area contributed by atoms with Crippen LogP contribution in [-0.4, -0.2) is 12.5 Å². The quantitative estimate of drug-likeness (QED) is 0.892. The smallest absolute Gasteiger partial charge is 0.262 e. The maximum atomic E-state index is 11.8. The standard InChI is InChI=1S/C16H17ClN2O2/c1-11-2-5-14(6-3-11)19-16(20)10-21-15-7-4-13(17)8-12(15)9-18/h2-8H,9-10,18H2,1H3,(H,19,20). The average Bonchev–Trinajstić information content (AvgIpc) is 2.48. The summed E-state index contributed by atoms with van der Waals surface area (Å²) in [5.41, 5.74) is 8.27. The normalized spacial score (nSPS) is 10.2. The molecule has 0 saturated carbocycles. The molecule has 2 aromatic rings. The third-order valence-corrected chi connectivity index (χ3v) is 3.17. The summed E-state index contributed by atoms with van der Waals surface area (Å²) in [4.78, 5) is 11.8. The number of rotatable bonds is 5. The minimum absolute atomic E-state index is 0.0808. The second-order valence-electron chi connectivity index (χ2n) is 4.66. The van der Waals surface area contributed by atoms with Crippen molar-refractivity contribution in [2.75, 3.05) is 11.9 Å². The lowest BCUT2D eigenvalue weighted by Gasteiger charge is -2.11. The molecule has 2 aromatic carbocycles. The van der Waals surface area contributed by atoms with Gasteiger partial charge in [0, 0.05) is 22.8 Å². The Hall–Kier alpha value is -2.04. The first-order chi connectivity index (χ1) is 10.1. The van der Waals surface area contributed by atoms with Gasteiger partial charge in [0.1, 0.15) is 5.75 Å². The summed E-state index contributed by atoms with van der Waals surface area (Å²) in [6.45, 7) is 2.21. The number of benzene rings is 2. The predicted octanol–water partition coefficient (Wildman–Crippen LogP) is 3.12. The first kappa shape index (κ1) is 15.4. The van der Waals surface area contributed by atoms with Crippen LogP contribution in [0.25, 0.3) is 0 Å². The predicted molar refractivity (Wildman–Crippen MR) is 84.6 cm³/mol. The van der Waals surface area contributed by atoms with E-state index < -0.39 is 0 Å². The molecule has 0 heterocycles. The molecule has 0 spiro atoms. The zero-order valence-corrected chi connectivity index (χ0v) is 12.5. The van der Waals surface area contributed by atoms with Crippen molar-refractivity contribution in [1.82, 2.24) is 0 Å². The van der Waals surface area contributed by atoms with Crippen LogP contribution in [0, 0.1) is 6.92 Å². The van der Waals surface area contributed by atoms with Crippen molar-refractivity contribution in [3.63, 3.8) is 0 Å². The second kappa shape index (κ2) is 7.11. The fourth-order valence-corrected chi connectivity index (χ4v) is 2.02. The number of nitrogens with one attached hydrogen (secondary N) is 1. The molecule has 0 bridgehead atoms. The third kappa shape index (κ3) is 4.48. The molecule has 0 aliphatic rings. The number of ether oxygens (including phenoxy) is 1. The zero-order valence-electron chi connectivity index (χ0n) is 11.7. The molecule has 110 valence electrons. The van der Waals surface area contributed by atoms with E-state index in [9.17, 15) is 4.79 Å². The third-order valence-electron chi connectivity index (χ3n) is 2.94. The van der Waals surface area contributed by atoms with Gasteiger partial charge in [-0.3, -0.25) is 4.79 Å². The van der Waals surface area contributed by atoms with Crippen molar-refractivity contribution in [3.05, 3.63) is 58.6 Å². The van der Waals surface area contributed by atoms with Gasteiger partial charge in [0.2, 0.25) is 0 Å². The van der Waals surface area contributed by atoms with E-state index in [2.05, 4.69) is 5.32 Å². The highest BCUT2D eigenvalue weighted by Crippen LogP contribution is 2.22. The number of carbonyl (C=O) groups is 1. The molecule has 0 unspecified atom stereocenters. The van der Waals surface area contributed by atoms with Crippen molar-refractivity contribution < 1.29 is 9.53 Å². The van der Waals surface area contributed by atoms with Crippen LogP contribution in [0.1, 0.15) is 11.1 Å². The van der Waals surface area contributed by atoms with E-state index in [-0.39, 0.29) is 12.5 Å². The van der Waals surface area contributed by atoms with E-state index in [1.165, 1.54) is 0 Å². The molecule has 0 atom stereocenters. The number of amides is 1. The highest BCUT2D eigenvalue weighted by molar-refractivity contribution is 6.30. The number of nitrogens with two attached hydrogens (primary N) is 1. The lowest BCUT2D eigenvalue weighted by Crippen LogP contribution is -2.20. The summed E-state index contributed by atoms with van der Waals surface area (Å²) < 4.78 is 5.49.